The van der Waals surface area contributed by atoms with Crippen molar-refractivity contribution in [2.75, 3.05) is 16.8 Å². The summed E-state index contributed by atoms with van der Waals surface area (Å²) >= 11 is 0. The van der Waals surface area contributed by atoms with Gasteiger partial charge in [0.15, 0.2) is 0 Å². The molecule has 3 aromatic rings. The van der Waals surface area contributed by atoms with Gasteiger partial charge in [-0.2, -0.15) is 0 Å². The van der Waals surface area contributed by atoms with Crippen molar-refractivity contribution in [3.05, 3.63) is 102 Å². The molecule has 0 aliphatic carbocycles. The van der Waals surface area contributed by atoms with E-state index in [4.69, 9.17) is 4.74 Å². The van der Waals surface area contributed by atoms with Crippen molar-refractivity contribution >= 4 is 23.2 Å². The number of rotatable bonds is 7. The van der Waals surface area contributed by atoms with Crippen LogP contribution in [0.25, 0.3) is 0 Å². The molecule has 0 fully saturated rings. The molecule has 1 N–H and O–H groups in total. The van der Waals surface area contributed by atoms with Crippen LogP contribution in [-0.2, 0) is 29.0 Å². The lowest BCUT2D eigenvalue weighted by Gasteiger charge is -2.30. The maximum atomic E-state index is 13.2. The number of nitrogens with zero attached hydrogens (tertiary/aromatic N) is 1. The van der Waals surface area contributed by atoms with Gasteiger partial charge < -0.3 is 15.0 Å². The fourth-order valence-electron chi connectivity index (χ4n) is 3.90. The highest BCUT2D eigenvalue weighted by atomic mass is 16.5. The molecule has 5 nitrogen and oxygen atoms in total. The van der Waals surface area contributed by atoms with E-state index in [0.717, 1.165) is 41.0 Å². The Bertz CT molecular complexity index is 1120. The average Bonchev–Trinajstić information content (AvgIpc) is 2.84. The molecular weight excluding hydrogens is 400 g/mol. The van der Waals surface area contributed by atoms with Crippen LogP contribution in [0.15, 0.2) is 85.5 Å². The van der Waals surface area contributed by atoms with Crippen molar-refractivity contribution in [2.45, 2.75) is 25.9 Å². The number of aryl methyl sites for hydroxylation is 1. The van der Waals surface area contributed by atoms with Crippen LogP contribution in [0.3, 0.4) is 0 Å². The van der Waals surface area contributed by atoms with Crippen molar-refractivity contribution in [1.29, 1.82) is 0 Å². The minimum atomic E-state index is -0.295. The lowest BCUT2D eigenvalue weighted by molar-refractivity contribution is -0.118. The van der Waals surface area contributed by atoms with Crippen molar-refractivity contribution in [3.63, 3.8) is 0 Å². The normalized spacial score (nSPS) is 12.6. The second-order valence-electron chi connectivity index (χ2n) is 7.74. The number of carbonyl (C=O) groups excluding carboxylic acids is 2. The van der Waals surface area contributed by atoms with Gasteiger partial charge in [0.2, 0.25) is 11.8 Å². The minimum absolute atomic E-state index is 0.00389. The molecule has 1 aliphatic rings. The van der Waals surface area contributed by atoms with Crippen LogP contribution in [0.1, 0.15) is 23.1 Å². The van der Waals surface area contributed by atoms with Crippen molar-refractivity contribution in [2.24, 2.45) is 0 Å². The maximum Gasteiger partial charge on any atom is 0.247 e. The van der Waals surface area contributed by atoms with Gasteiger partial charge in [-0.3, -0.25) is 9.59 Å². The first-order valence-corrected chi connectivity index (χ1v) is 10.8. The van der Waals surface area contributed by atoms with Gasteiger partial charge in [-0.15, -0.1) is 0 Å². The molecule has 0 unspecified atom stereocenters. The SMILES string of the molecule is C=CC(=O)Nc1ccccc1CC(=O)N1CCCc2cc(OCc3ccccc3)ccc21. The molecule has 162 valence electrons. The first-order chi connectivity index (χ1) is 15.6. The standard InChI is InChI=1S/C27H26N2O3/c1-2-26(30)28-24-13-7-6-11-21(24)18-27(31)29-16-8-12-22-17-23(14-15-25(22)29)32-19-20-9-4-3-5-10-20/h2-7,9-11,13-15,17H,1,8,12,16,18-19H2,(H,28,30). The summed E-state index contributed by atoms with van der Waals surface area (Å²) in [6.07, 6.45) is 3.24. The molecule has 0 atom stereocenters. The zero-order chi connectivity index (χ0) is 22.3. The lowest BCUT2D eigenvalue weighted by atomic mass is 10.00. The van der Waals surface area contributed by atoms with E-state index >= 15 is 0 Å². The van der Waals surface area contributed by atoms with Crippen molar-refractivity contribution in [3.8, 4) is 5.75 Å². The third kappa shape index (κ3) is 5.06. The van der Waals surface area contributed by atoms with Gasteiger partial charge in [-0.25, -0.2) is 0 Å². The molecule has 3 aromatic carbocycles. The summed E-state index contributed by atoms with van der Waals surface area (Å²) in [6.45, 7) is 4.67. The van der Waals surface area contributed by atoms with Gasteiger partial charge in [0.25, 0.3) is 0 Å². The Balaban J connectivity index is 1.48. The summed E-state index contributed by atoms with van der Waals surface area (Å²) in [6, 6.07) is 23.3. The lowest BCUT2D eigenvalue weighted by Crippen LogP contribution is -2.36. The van der Waals surface area contributed by atoms with Crippen LogP contribution in [-0.4, -0.2) is 18.4 Å². The highest BCUT2D eigenvalue weighted by Gasteiger charge is 2.24. The second-order valence-corrected chi connectivity index (χ2v) is 7.74. The quantitative estimate of drug-likeness (QED) is 0.546. The number of hydrogen-bond acceptors (Lipinski definition) is 3. The molecule has 5 heteroatoms. The number of para-hydroxylation sites is 1. The summed E-state index contributed by atoms with van der Waals surface area (Å²) in [5, 5.41) is 2.78. The number of nitrogens with one attached hydrogen (secondary N) is 1. The molecule has 1 aliphatic heterocycles. The molecular formula is C27H26N2O3. The molecule has 0 saturated heterocycles. The van der Waals surface area contributed by atoms with E-state index in [1.165, 1.54) is 6.08 Å². The van der Waals surface area contributed by atoms with Crippen LogP contribution in [0.2, 0.25) is 0 Å². The molecule has 2 amide bonds. The molecule has 4 rings (SSSR count). The van der Waals surface area contributed by atoms with Gasteiger partial charge in [0.1, 0.15) is 12.4 Å². The molecule has 0 spiro atoms. The van der Waals surface area contributed by atoms with Crippen LogP contribution in [0, 0.1) is 0 Å². The number of anilines is 2. The third-order valence-electron chi connectivity index (χ3n) is 5.52. The van der Waals surface area contributed by atoms with E-state index in [-0.39, 0.29) is 18.2 Å². The van der Waals surface area contributed by atoms with Crippen molar-refractivity contribution in [1.82, 2.24) is 0 Å². The number of hydrogen-bond donors (Lipinski definition) is 1. The van der Waals surface area contributed by atoms with Gasteiger partial charge in [0, 0.05) is 17.9 Å². The Morgan fingerprint density at radius 2 is 1.81 bits per heavy atom. The predicted octanol–water partition coefficient (Wildman–Crippen LogP) is 4.91. The average molecular weight is 427 g/mol. The first-order valence-electron chi connectivity index (χ1n) is 10.8. The monoisotopic (exact) mass is 426 g/mol. The number of amides is 2. The highest BCUT2D eigenvalue weighted by molar-refractivity contribution is 6.01. The summed E-state index contributed by atoms with van der Waals surface area (Å²) < 4.78 is 5.96. The topological polar surface area (TPSA) is 58.6 Å². The fraction of sp³-hybridized carbons (Fsp3) is 0.185. The van der Waals surface area contributed by atoms with Gasteiger partial charge >= 0.3 is 0 Å². The van der Waals surface area contributed by atoms with Gasteiger partial charge in [0.05, 0.1) is 6.42 Å². The summed E-state index contributed by atoms with van der Waals surface area (Å²) in [4.78, 5) is 26.8. The summed E-state index contributed by atoms with van der Waals surface area (Å²) in [5.74, 6) is 0.514. The Morgan fingerprint density at radius 1 is 1.03 bits per heavy atom. The fourth-order valence-corrected chi connectivity index (χ4v) is 3.90. The van der Waals surface area contributed by atoms with Gasteiger partial charge in [-0.05, 0) is 59.9 Å². The van der Waals surface area contributed by atoms with E-state index in [1.54, 1.807) is 6.07 Å². The highest BCUT2D eigenvalue weighted by Crippen LogP contribution is 2.31. The molecule has 0 saturated carbocycles. The number of benzene rings is 3. The minimum Gasteiger partial charge on any atom is -0.489 e. The van der Waals surface area contributed by atoms with Crippen LogP contribution in [0.5, 0.6) is 5.75 Å². The van der Waals surface area contributed by atoms with E-state index in [1.807, 2.05) is 71.6 Å². The van der Waals surface area contributed by atoms with E-state index < -0.39 is 0 Å². The van der Waals surface area contributed by atoms with E-state index in [2.05, 4.69) is 11.9 Å². The number of carbonyl (C=O) groups is 2. The van der Waals surface area contributed by atoms with Crippen LogP contribution >= 0.6 is 0 Å². The Morgan fingerprint density at radius 3 is 2.62 bits per heavy atom. The zero-order valence-electron chi connectivity index (χ0n) is 17.9. The Hall–Kier alpha value is -3.86. The molecule has 0 bridgehead atoms. The van der Waals surface area contributed by atoms with Crippen LogP contribution in [0.4, 0.5) is 11.4 Å². The molecule has 0 radical (unpaired) electrons. The molecule has 0 aromatic heterocycles. The van der Waals surface area contributed by atoms with E-state index in [0.29, 0.717) is 18.8 Å². The Kier molecular flexibility index (Phi) is 6.66. The maximum absolute atomic E-state index is 13.2. The predicted molar refractivity (Wildman–Crippen MR) is 127 cm³/mol. The molecule has 32 heavy (non-hydrogen) atoms. The first kappa shape index (κ1) is 21.4. The Labute approximate surface area is 188 Å². The van der Waals surface area contributed by atoms with Crippen molar-refractivity contribution < 1.29 is 14.3 Å². The summed E-state index contributed by atoms with van der Waals surface area (Å²) in [5.41, 5.74) is 4.57. The molecule has 1 heterocycles. The van der Waals surface area contributed by atoms with E-state index in [9.17, 15) is 9.59 Å². The summed E-state index contributed by atoms with van der Waals surface area (Å²) in [7, 11) is 0. The van der Waals surface area contributed by atoms with Gasteiger partial charge in [-0.1, -0.05) is 55.1 Å². The smallest absolute Gasteiger partial charge is 0.247 e. The second kappa shape index (κ2) is 9.96. The third-order valence-corrected chi connectivity index (χ3v) is 5.52. The number of fused-ring (bicyclic) bond motifs is 1. The number of ether oxygens (including phenoxy) is 1. The zero-order valence-corrected chi connectivity index (χ0v) is 17.9. The van der Waals surface area contributed by atoms with Crippen LogP contribution < -0.4 is 15.0 Å². The largest absolute Gasteiger partial charge is 0.489 e.